The lowest BCUT2D eigenvalue weighted by Crippen LogP contribution is -2.39. The van der Waals surface area contributed by atoms with Gasteiger partial charge in [0.1, 0.15) is 16.1 Å². The normalized spacial score (nSPS) is 19.2. The molecule has 7 rings (SSSR count). The maximum Gasteiger partial charge on any atom is 0.173 e. The van der Waals surface area contributed by atoms with Crippen molar-refractivity contribution >= 4 is 87.9 Å². The minimum atomic E-state index is 0.304. The van der Waals surface area contributed by atoms with E-state index in [2.05, 4.69) is 95.7 Å². The van der Waals surface area contributed by atoms with Gasteiger partial charge in [-0.2, -0.15) is 30.6 Å². The molecule has 7 heterocycles. The summed E-state index contributed by atoms with van der Waals surface area (Å²) in [5.41, 5.74) is 23.9. The molecule has 5 aromatic rings. The van der Waals surface area contributed by atoms with Crippen molar-refractivity contribution in [3.8, 4) is 11.1 Å². The van der Waals surface area contributed by atoms with Gasteiger partial charge in [0.05, 0.1) is 27.0 Å². The number of nitrogens with one attached hydrogen (secondary N) is 3. The topological polar surface area (TPSA) is 155 Å². The largest absolute Gasteiger partial charge is 0.383 e. The number of rotatable bonds is 11. The van der Waals surface area contributed by atoms with Crippen LogP contribution in [0.4, 0.5) is 17.5 Å². The molecule has 2 aliphatic heterocycles. The van der Waals surface area contributed by atoms with Crippen molar-refractivity contribution in [2.45, 2.75) is 31.2 Å². The number of hydrazine groups is 1. The van der Waals surface area contributed by atoms with E-state index in [4.69, 9.17) is 26.5 Å². The molecule has 2 aliphatic rings. The Kier molecular flexibility index (Phi) is 9.79. The first kappa shape index (κ1) is 32.2. The Labute approximate surface area is 295 Å². The Hall–Kier alpha value is -2.38. The van der Waals surface area contributed by atoms with E-state index in [-0.39, 0.29) is 0 Å². The lowest BCUT2D eigenvalue weighted by atomic mass is 9.94. The molecule has 17 heteroatoms. The van der Waals surface area contributed by atoms with E-state index < -0.39 is 0 Å². The van der Waals surface area contributed by atoms with Crippen molar-refractivity contribution in [3.63, 3.8) is 0 Å². The minimum absolute atomic E-state index is 0.304. The highest BCUT2D eigenvalue weighted by atomic mass is 79.9. The van der Waals surface area contributed by atoms with Gasteiger partial charge in [0.2, 0.25) is 0 Å². The summed E-state index contributed by atoms with van der Waals surface area (Å²) in [6.07, 6.45) is 6.84. The predicted octanol–water partition coefficient (Wildman–Crippen LogP) is 4.29. The zero-order valence-corrected chi connectivity index (χ0v) is 30.7. The molecule has 2 fully saturated rings. The summed E-state index contributed by atoms with van der Waals surface area (Å²) in [6, 6.07) is 2.45. The number of hydrogen-bond acceptors (Lipinski definition) is 12. The van der Waals surface area contributed by atoms with E-state index >= 15 is 0 Å². The molecule has 5 aromatic heterocycles. The maximum atomic E-state index is 6.35. The molecule has 0 amide bonds. The van der Waals surface area contributed by atoms with Gasteiger partial charge in [-0.15, -0.1) is 0 Å². The van der Waals surface area contributed by atoms with Crippen LogP contribution in [0.5, 0.6) is 0 Å². The molecule has 2 saturated heterocycles. The Bertz CT molecular complexity index is 1820. The van der Waals surface area contributed by atoms with Crippen LogP contribution >= 0.6 is 59.1 Å². The Morgan fingerprint density at radius 2 is 1.85 bits per heavy atom. The smallest absolute Gasteiger partial charge is 0.173 e. The fourth-order valence-corrected chi connectivity index (χ4v) is 8.62. The van der Waals surface area contributed by atoms with E-state index in [0.717, 1.165) is 106 Å². The number of fused-ring (bicyclic) bond motifs is 2. The maximum absolute atomic E-state index is 6.35. The van der Waals surface area contributed by atoms with E-state index in [1.807, 2.05) is 10.7 Å². The zero-order chi connectivity index (χ0) is 31.8. The molecule has 0 radical (unpaired) electrons. The third-order valence-corrected chi connectivity index (χ3v) is 11.5. The second-order valence-electron chi connectivity index (χ2n) is 11.7. The molecule has 0 saturated carbocycles. The highest BCUT2D eigenvalue weighted by molar-refractivity contribution is 9.11. The van der Waals surface area contributed by atoms with Crippen LogP contribution in [0.2, 0.25) is 0 Å². The number of thiophene rings is 1. The number of nitrogen functional groups attached to an aromatic ring is 1. The lowest BCUT2D eigenvalue weighted by Gasteiger charge is -2.32. The number of hydrogen-bond donors (Lipinski definition) is 5. The van der Waals surface area contributed by atoms with Gasteiger partial charge in [-0.1, -0.05) is 0 Å². The van der Waals surface area contributed by atoms with E-state index in [1.165, 1.54) is 0 Å². The quantitative estimate of drug-likeness (QED) is 0.0957. The van der Waals surface area contributed by atoms with Crippen molar-refractivity contribution in [1.29, 1.82) is 0 Å². The number of nitrogens with zero attached hydrogens (tertiary/aromatic N) is 8. The zero-order valence-electron chi connectivity index (χ0n) is 25.1. The summed E-state index contributed by atoms with van der Waals surface area (Å²) in [7, 11) is 0. The van der Waals surface area contributed by atoms with Gasteiger partial charge in [0.15, 0.2) is 17.1 Å². The average molecular weight is 838 g/mol. The first-order valence-corrected chi connectivity index (χ1v) is 18.7. The molecule has 7 N–H and O–H groups in total. The van der Waals surface area contributed by atoms with E-state index in [9.17, 15) is 0 Å². The summed E-state index contributed by atoms with van der Waals surface area (Å²) >= 11 is 12.8. The fraction of sp³-hybridized carbons (Fsp3) is 0.448. The first-order chi connectivity index (χ1) is 22.4. The molecule has 13 nitrogen and oxygen atoms in total. The second-order valence-corrected chi connectivity index (χ2v) is 14.9. The van der Waals surface area contributed by atoms with Crippen LogP contribution in [0.15, 0.2) is 42.6 Å². The molecule has 46 heavy (non-hydrogen) atoms. The molecule has 1 unspecified atom stereocenters. The van der Waals surface area contributed by atoms with E-state index in [0.29, 0.717) is 36.5 Å². The first-order valence-electron chi connectivity index (χ1n) is 15.4. The molecule has 0 bridgehead atoms. The second kappa shape index (κ2) is 14.0. The summed E-state index contributed by atoms with van der Waals surface area (Å²) < 4.78 is 6.04. The van der Waals surface area contributed by atoms with E-state index in [1.54, 1.807) is 22.0 Å². The number of aromatic nitrogens is 6. The van der Waals surface area contributed by atoms with Crippen LogP contribution in [0, 0.1) is 0 Å². The van der Waals surface area contributed by atoms with Crippen molar-refractivity contribution in [3.05, 3.63) is 48.3 Å². The summed E-state index contributed by atoms with van der Waals surface area (Å²) in [6.45, 7) is 6.81. The Morgan fingerprint density at radius 1 is 0.978 bits per heavy atom. The summed E-state index contributed by atoms with van der Waals surface area (Å²) in [5, 5.41) is 17.0. The van der Waals surface area contributed by atoms with Crippen LogP contribution in [0.25, 0.3) is 22.4 Å². The highest BCUT2D eigenvalue weighted by Crippen LogP contribution is 2.38. The van der Waals surface area contributed by atoms with Gasteiger partial charge in [-0.25, -0.2) is 15.4 Å². The molecular formula is C29H36Br3N13S. The number of halogens is 3. The Balaban J connectivity index is 1.02. The minimum Gasteiger partial charge on any atom is -0.383 e. The van der Waals surface area contributed by atoms with Crippen LogP contribution in [0.3, 0.4) is 0 Å². The summed E-state index contributed by atoms with van der Waals surface area (Å²) in [5.74, 6) is 2.52. The van der Waals surface area contributed by atoms with Crippen LogP contribution in [-0.4, -0.2) is 92.5 Å². The van der Waals surface area contributed by atoms with Gasteiger partial charge in [-0.05, 0) is 96.0 Å². The molecule has 0 aliphatic carbocycles. The lowest BCUT2D eigenvalue weighted by molar-refractivity contribution is 0.211. The van der Waals surface area contributed by atoms with Crippen molar-refractivity contribution in [1.82, 2.24) is 44.8 Å². The molecule has 2 atom stereocenters. The van der Waals surface area contributed by atoms with Crippen LogP contribution in [-0.2, 0) is 0 Å². The van der Waals surface area contributed by atoms with Crippen molar-refractivity contribution in [2.75, 3.05) is 68.4 Å². The highest BCUT2D eigenvalue weighted by Gasteiger charge is 2.29. The third-order valence-electron chi connectivity index (χ3n) is 8.72. The number of likely N-dealkylation sites (tertiary alicyclic amines) is 1. The van der Waals surface area contributed by atoms with Gasteiger partial charge >= 0.3 is 0 Å². The van der Waals surface area contributed by atoms with Gasteiger partial charge in [0.25, 0.3) is 0 Å². The predicted molar refractivity (Wildman–Crippen MR) is 195 cm³/mol. The van der Waals surface area contributed by atoms with Gasteiger partial charge in [0, 0.05) is 63.3 Å². The standard InChI is InChI=1S/C29H36Br3N13S/c30-21-13-38-44-25(34)23(32)28(40-27(21)44)43-9-3-19(15-43)35-6-7-36-41-29-22(31)24(17-2-1-8-42(14-17)10-5-33)39-26-20(12-37-45(26)29)18-4-11-46-16-18/h4,11-13,16-17,19,35-36,41H,1-3,5-10,14-15,33-34H2/t17?,19-/m0/s1. The monoisotopic (exact) mass is 835 g/mol. The number of nitrogens with two attached hydrogens (primary N) is 2. The SMILES string of the molecule is NCCN1CCCC(c2nc3c(-c4ccsc4)cnn3c(NNCCN[C@H]3CCN(c4nc5c(Br)cnn5c(N)c4Br)C3)c2Br)C1. The molecular weight excluding hydrogens is 802 g/mol. The van der Waals surface area contributed by atoms with Crippen LogP contribution in [0.1, 0.15) is 30.9 Å². The van der Waals surface area contributed by atoms with Crippen molar-refractivity contribution < 1.29 is 0 Å². The van der Waals surface area contributed by atoms with Crippen LogP contribution < -0.4 is 32.5 Å². The molecule has 244 valence electrons. The fourth-order valence-electron chi connectivity index (χ4n) is 6.42. The number of anilines is 3. The van der Waals surface area contributed by atoms with Gasteiger partial charge in [-0.3, -0.25) is 0 Å². The third kappa shape index (κ3) is 6.27. The summed E-state index contributed by atoms with van der Waals surface area (Å²) in [4.78, 5) is 14.8. The van der Waals surface area contributed by atoms with Crippen molar-refractivity contribution in [2.24, 2.45) is 5.73 Å². The van der Waals surface area contributed by atoms with Gasteiger partial charge < -0.3 is 32.0 Å². The molecule has 0 spiro atoms. The molecule has 0 aromatic carbocycles. The number of piperidine rings is 1. The Morgan fingerprint density at radius 3 is 2.67 bits per heavy atom. The average Bonchev–Trinajstić information content (AvgIpc) is 3.88.